The van der Waals surface area contributed by atoms with Crippen molar-refractivity contribution in [2.24, 2.45) is 0 Å². The first-order chi connectivity index (χ1) is 9.85. The van der Waals surface area contributed by atoms with Crippen LogP contribution in [0.25, 0.3) is 0 Å². The molecule has 21 heavy (non-hydrogen) atoms. The van der Waals surface area contributed by atoms with Crippen molar-refractivity contribution >= 4 is 0 Å². The molecule has 2 nitrogen and oxygen atoms in total. The number of hydrogen-bond acceptors (Lipinski definition) is 2. The van der Waals surface area contributed by atoms with Crippen molar-refractivity contribution in [3.63, 3.8) is 0 Å². The molecule has 0 spiro atoms. The van der Waals surface area contributed by atoms with Gasteiger partial charge in [-0.2, -0.15) is 5.26 Å². The Labute approximate surface area is 129 Å². The maximum Gasteiger partial charge on any atom is 0.110 e. The van der Waals surface area contributed by atoms with Gasteiger partial charge >= 0.3 is 0 Å². The third kappa shape index (κ3) is 3.86. The summed E-state index contributed by atoms with van der Waals surface area (Å²) in [5.74, 6) is 0. The Hall–Kier alpha value is -1.33. The van der Waals surface area contributed by atoms with Gasteiger partial charge < -0.3 is 0 Å². The summed E-state index contributed by atoms with van der Waals surface area (Å²) in [4.78, 5) is 2.37. The van der Waals surface area contributed by atoms with E-state index in [0.29, 0.717) is 0 Å². The van der Waals surface area contributed by atoms with Gasteiger partial charge in [-0.05, 0) is 49.4 Å². The number of piperidine rings is 1. The number of benzene rings is 1. The molecule has 1 aliphatic heterocycles. The van der Waals surface area contributed by atoms with E-state index in [9.17, 15) is 5.26 Å². The first-order valence-electron chi connectivity index (χ1n) is 8.11. The van der Waals surface area contributed by atoms with E-state index in [-0.39, 0.29) is 11.0 Å². The van der Waals surface area contributed by atoms with Crippen LogP contribution in [0.1, 0.15) is 58.1 Å². The molecule has 0 saturated carbocycles. The predicted octanol–water partition coefficient (Wildman–Crippen LogP) is 4.29. The molecule has 1 aromatic rings. The van der Waals surface area contributed by atoms with Crippen LogP contribution in [0.2, 0.25) is 0 Å². The van der Waals surface area contributed by atoms with Crippen LogP contribution in [0, 0.1) is 11.3 Å². The van der Waals surface area contributed by atoms with Gasteiger partial charge in [0.2, 0.25) is 0 Å². The summed E-state index contributed by atoms with van der Waals surface area (Å²) >= 11 is 0. The molecule has 0 amide bonds. The first kappa shape index (κ1) is 16.0. The molecule has 114 valence electrons. The van der Waals surface area contributed by atoms with Gasteiger partial charge in [0.05, 0.1) is 6.07 Å². The van der Waals surface area contributed by atoms with Gasteiger partial charge in [-0.15, -0.1) is 0 Å². The van der Waals surface area contributed by atoms with Crippen LogP contribution in [0.3, 0.4) is 0 Å². The molecular formula is C19H28N2. The average molecular weight is 284 g/mol. The zero-order valence-electron chi connectivity index (χ0n) is 13.9. The maximum atomic E-state index is 9.69. The van der Waals surface area contributed by atoms with Gasteiger partial charge in [-0.1, -0.05) is 51.5 Å². The second-order valence-corrected chi connectivity index (χ2v) is 7.56. The minimum atomic E-state index is -0.371. The topological polar surface area (TPSA) is 27.0 Å². The Bertz CT molecular complexity index is 498. The van der Waals surface area contributed by atoms with E-state index >= 15 is 0 Å². The third-order valence-corrected chi connectivity index (χ3v) is 4.66. The molecule has 1 heterocycles. The van der Waals surface area contributed by atoms with Crippen molar-refractivity contribution < 1.29 is 0 Å². The normalized spacial score (nSPS) is 19.8. The van der Waals surface area contributed by atoms with E-state index in [2.05, 4.69) is 62.9 Å². The highest BCUT2D eigenvalue weighted by Crippen LogP contribution is 2.27. The fourth-order valence-corrected chi connectivity index (χ4v) is 3.13. The van der Waals surface area contributed by atoms with E-state index < -0.39 is 0 Å². The van der Waals surface area contributed by atoms with Gasteiger partial charge in [0.25, 0.3) is 0 Å². The van der Waals surface area contributed by atoms with Crippen LogP contribution in [0.5, 0.6) is 0 Å². The maximum absolute atomic E-state index is 9.69. The number of hydrogen-bond donors (Lipinski definition) is 0. The van der Waals surface area contributed by atoms with Crippen molar-refractivity contribution in [2.75, 3.05) is 13.1 Å². The lowest BCUT2D eigenvalue weighted by Gasteiger charge is -2.38. The number of nitriles is 1. The third-order valence-electron chi connectivity index (χ3n) is 4.66. The van der Waals surface area contributed by atoms with Crippen LogP contribution < -0.4 is 0 Å². The van der Waals surface area contributed by atoms with Crippen molar-refractivity contribution in [3.05, 3.63) is 35.4 Å². The Kier molecular flexibility index (Phi) is 4.74. The second-order valence-electron chi connectivity index (χ2n) is 7.56. The molecular weight excluding hydrogens is 256 g/mol. The monoisotopic (exact) mass is 284 g/mol. The van der Waals surface area contributed by atoms with Gasteiger partial charge in [0.1, 0.15) is 5.54 Å². The van der Waals surface area contributed by atoms with E-state index in [1.54, 1.807) is 0 Å². The van der Waals surface area contributed by atoms with Gasteiger partial charge in [0.15, 0.2) is 0 Å². The van der Waals surface area contributed by atoms with Crippen molar-refractivity contribution in [1.29, 1.82) is 5.26 Å². The summed E-state index contributed by atoms with van der Waals surface area (Å²) in [6.07, 6.45) is 4.56. The van der Waals surface area contributed by atoms with Crippen molar-refractivity contribution in [3.8, 4) is 6.07 Å². The molecule has 0 radical (unpaired) electrons. The highest BCUT2D eigenvalue weighted by Gasteiger charge is 2.32. The molecule has 2 rings (SSSR count). The minimum Gasteiger partial charge on any atom is -0.285 e. The Morgan fingerprint density at radius 1 is 1.00 bits per heavy atom. The van der Waals surface area contributed by atoms with Crippen LogP contribution in [-0.4, -0.2) is 23.5 Å². The largest absolute Gasteiger partial charge is 0.285 e. The molecule has 1 unspecified atom stereocenters. The summed E-state index contributed by atoms with van der Waals surface area (Å²) < 4.78 is 0. The fraction of sp³-hybridized carbons (Fsp3) is 0.632. The standard InChI is InChI=1S/C19H28N2/c1-18(2,3)17-10-8-16(9-11-17)14-19(4,15-20)21-12-6-5-7-13-21/h8-11H,5-7,12-14H2,1-4H3. The molecule has 1 aromatic carbocycles. The van der Waals surface area contributed by atoms with Crippen LogP contribution in [0.15, 0.2) is 24.3 Å². The number of likely N-dealkylation sites (tertiary alicyclic amines) is 1. The lowest BCUT2D eigenvalue weighted by atomic mass is 9.85. The van der Waals surface area contributed by atoms with Crippen LogP contribution in [-0.2, 0) is 11.8 Å². The summed E-state index contributed by atoms with van der Waals surface area (Å²) in [5.41, 5.74) is 2.42. The highest BCUT2D eigenvalue weighted by atomic mass is 15.2. The zero-order valence-corrected chi connectivity index (χ0v) is 13.9. The SMILES string of the molecule is CC(C)(C)c1ccc(CC(C)(C#N)N2CCCCC2)cc1. The summed E-state index contributed by atoms with van der Waals surface area (Å²) in [7, 11) is 0. The summed E-state index contributed by atoms with van der Waals surface area (Å²) in [6, 6.07) is 11.4. The Morgan fingerprint density at radius 2 is 1.57 bits per heavy atom. The molecule has 1 atom stereocenters. The lowest BCUT2D eigenvalue weighted by molar-refractivity contribution is 0.124. The molecule has 0 aliphatic carbocycles. The van der Waals surface area contributed by atoms with Crippen LogP contribution >= 0.6 is 0 Å². The molecule has 1 fully saturated rings. The van der Waals surface area contributed by atoms with Gasteiger partial charge in [0, 0.05) is 6.42 Å². The molecule has 1 aliphatic rings. The summed E-state index contributed by atoms with van der Waals surface area (Å²) in [5, 5.41) is 9.69. The quantitative estimate of drug-likeness (QED) is 0.827. The number of nitrogens with zero attached hydrogens (tertiary/aromatic N) is 2. The van der Waals surface area contributed by atoms with Crippen molar-refractivity contribution in [2.45, 2.75) is 64.3 Å². The predicted molar refractivity (Wildman–Crippen MR) is 88.3 cm³/mol. The zero-order chi connectivity index (χ0) is 15.5. The lowest BCUT2D eigenvalue weighted by Crippen LogP contribution is -2.49. The van der Waals surface area contributed by atoms with Crippen molar-refractivity contribution in [1.82, 2.24) is 4.90 Å². The van der Waals surface area contributed by atoms with Gasteiger partial charge in [-0.3, -0.25) is 4.90 Å². The first-order valence-corrected chi connectivity index (χ1v) is 8.11. The fourth-order valence-electron chi connectivity index (χ4n) is 3.13. The Balaban J connectivity index is 2.13. The van der Waals surface area contributed by atoms with E-state index in [1.807, 2.05) is 0 Å². The average Bonchev–Trinajstić information content (AvgIpc) is 2.47. The second kappa shape index (κ2) is 6.20. The van der Waals surface area contributed by atoms with E-state index in [4.69, 9.17) is 0 Å². The molecule has 0 N–H and O–H groups in total. The smallest absolute Gasteiger partial charge is 0.110 e. The minimum absolute atomic E-state index is 0.184. The molecule has 2 heteroatoms. The summed E-state index contributed by atoms with van der Waals surface area (Å²) in [6.45, 7) is 10.9. The Morgan fingerprint density at radius 3 is 2.05 bits per heavy atom. The molecule has 0 aromatic heterocycles. The van der Waals surface area contributed by atoms with Crippen LogP contribution in [0.4, 0.5) is 0 Å². The molecule has 1 saturated heterocycles. The van der Waals surface area contributed by atoms with E-state index in [0.717, 1.165) is 19.5 Å². The molecule has 0 bridgehead atoms. The van der Waals surface area contributed by atoms with E-state index in [1.165, 1.54) is 30.4 Å². The van der Waals surface area contributed by atoms with Gasteiger partial charge in [-0.25, -0.2) is 0 Å². The number of rotatable bonds is 3. The highest BCUT2D eigenvalue weighted by molar-refractivity contribution is 5.29.